The van der Waals surface area contributed by atoms with Gasteiger partial charge in [-0.25, -0.2) is 0 Å². The van der Waals surface area contributed by atoms with Crippen molar-refractivity contribution in [3.8, 4) is 0 Å². The molecule has 0 bridgehead atoms. The lowest BCUT2D eigenvalue weighted by Gasteiger charge is -2.26. The zero-order valence-electron chi connectivity index (χ0n) is 11.8. The molecule has 108 valence electrons. The van der Waals surface area contributed by atoms with Gasteiger partial charge >= 0.3 is 0 Å². The van der Waals surface area contributed by atoms with Gasteiger partial charge < -0.3 is 10.1 Å². The van der Waals surface area contributed by atoms with Gasteiger partial charge in [0.15, 0.2) is 0 Å². The van der Waals surface area contributed by atoms with Crippen molar-refractivity contribution >= 4 is 21.4 Å². The molecule has 1 N–H and O–H groups in total. The average Bonchev–Trinajstić information content (AvgIpc) is 2.90. The molecule has 1 aliphatic heterocycles. The smallest absolute Gasteiger partial charge is 0.0594 e. The predicted octanol–water partition coefficient (Wildman–Crippen LogP) is 2.71. The quantitative estimate of drug-likeness (QED) is 0.828. The minimum absolute atomic E-state index is 0.898. The predicted molar refractivity (Wildman–Crippen MR) is 85.4 cm³/mol. The van der Waals surface area contributed by atoms with Gasteiger partial charge in [-0.2, -0.15) is 0 Å². The van der Waals surface area contributed by atoms with E-state index in [1.165, 1.54) is 27.9 Å². The summed E-state index contributed by atoms with van der Waals surface area (Å²) >= 11 is 1.89. The number of thiophene rings is 1. The molecule has 0 aliphatic carbocycles. The van der Waals surface area contributed by atoms with Gasteiger partial charge in [-0.3, -0.25) is 4.90 Å². The molecule has 3 rings (SSSR count). The second-order valence-electron chi connectivity index (χ2n) is 5.23. The van der Waals surface area contributed by atoms with E-state index in [9.17, 15) is 0 Å². The number of nitrogens with zero attached hydrogens (tertiary/aromatic N) is 1. The minimum atomic E-state index is 0.898. The summed E-state index contributed by atoms with van der Waals surface area (Å²) in [5.41, 5.74) is 0. The van der Waals surface area contributed by atoms with E-state index in [2.05, 4.69) is 40.5 Å². The standard InChI is InChI=1S/C16H22N2OS/c1-2-5-16-14(4-1)12-15(20-16)13-17-6-3-7-18-8-10-19-11-9-18/h1-2,4-5,12,17H,3,6-11,13H2. The lowest BCUT2D eigenvalue weighted by molar-refractivity contribution is 0.0374. The average molecular weight is 290 g/mol. The highest BCUT2D eigenvalue weighted by molar-refractivity contribution is 7.19. The van der Waals surface area contributed by atoms with Crippen LogP contribution in [0.2, 0.25) is 0 Å². The van der Waals surface area contributed by atoms with Crippen molar-refractivity contribution < 1.29 is 4.74 Å². The Labute approximate surface area is 124 Å². The number of rotatable bonds is 6. The molecule has 1 aromatic heterocycles. The van der Waals surface area contributed by atoms with E-state index in [1.807, 2.05) is 11.3 Å². The van der Waals surface area contributed by atoms with Crippen molar-refractivity contribution in [2.24, 2.45) is 0 Å². The van der Waals surface area contributed by atoms with Gasteiger partial charge in [-0.05, 0) is 37.0 Å². The Hall–Kier alpha value is -0.940. The van der Waals surface area contributed by atoms with Gasteiger partial charge in [-0.1, -0.05) is 18.2 Å². The first kappa shape index (κ1) is 14.0. The third-order valence-electron chi connectivity index (χ3n) is 3.71. The summed E-state index contributed by atoms with van der Waals surface area (Å²) in [7, 11) is 0. The van der Waals surface area contributed by atoms with Crippen molar-refractivity contribution in [1.82, 2.24) is 10.2 Å². The van der Waals surface area contributed by atoms with Crippen molar-refractivity contribution in [3.63, 3.8) is 0 Å². The van der Waals surface area contributed by atoms with E-state index >= 15 is 0 Å². The third-order valence-corrected chi connectivity index (χ3v) is 4.82. The lowest BCUT2D eigenvalue weighted by Crippen LogP contribution is -2.37. The second kappa shape index (κ2) is 7.18. The van der Waals surface area contributed by atoms with Crippen LogP contribution >= 0.6 is 11.3 Å². The van der Waals surface area contributed by atoms with Crippen LogP contribution < -0.4 is 5.32 Å². The number of morpholine rings is 1. The molecule has 1 fully saturated rings. The highest BCUT2D eigenvalue weighted by Gasteiger charge is 2.09. The van der Waals surface area contributed by atoms with E-state index in [4.69, 9.17) is 4.74 Å². The van der Waals surface area contributed by atoms with Crippen LogP contribution in [0.15, 0.2) is 30.3 Å². The maximum atomic E-state index is 5.36. The van der Waals surface area contributed by atoms with Crippen molar-refractivity contribution in [1.29, 1.82) is 0 Å². The fourth-order valence-corrected chi connectivity index (χ4v) is 3.62. The lowest BCUT2D eigenvalue weighted by atomic mass is 10.2. The molecule has 20 heavy (non-hydrogen) atoms. The summed E-state index contributed by atoms with van der Waals surface area (Å²) in [6, 6.07) is 10.9. The zero-order chi connectivity index (χ0) is 13.6. The molecule has 0 spiro atoms. The van der Waals surface area contributed by atoms with Crippen LogP contribution in [-0.2, 0) is 11.3 Å². The molecule has 2 heterocycles. The number of hydrogen-bond acceptors (Lipinski definition) is 4. The molecule has 0 radical (unpaired) electrons. The molecule has 0 saturated carbocycles. The maximum absolute atomic E-state index is 5.36. The molecule has 1 aromatic carbocycles. The number of nitrogens with one attached hydrogen (secondary N) is 1. The monoisotopic (exact) mass is 290 g/mol. The van der Waals surface area contributed by atoms with Gasteiger partial charge in [0.25, 0.3) is 0 Å². The fraction of sp³-hybridized carbons (Fsp3) is 0.500. The summed E-state index contributed by atoms with van der Waals surface area (Å²) in [6.45, 7) is 7.24. The molecule has 1 aliphatic rings. The van der Waals surface area contributed by atoms with Gasteiger partial charge in [0, 0.05) is 29.2 Å². The molecule has 0 amide bonds. The number of hydrogen-bond donors (Lipinski definition) is 1. The van der Waals surface area contributed by atoms with Gasteiger partial charge in [0.05, 0.1) is 13.2 Å². The molecule has 1 saturated heterocycles. The van der Waals surface area contributed by atoms with Crippen molar-refractivity contribution in [3.05, 3.63) is 35.2 Å². The molecule has 0 unspecified atom stereocenters. The summed E-state index contributed by atoms with van der Waals surface area (Å²) in [4.78, 5) is 3.92. The van der Waals surface area contributed by atoms with Crippen molar-refractivity contribution in [2.75, 3.05) is 39.4 Å². The molecule has 3 nitrogen and oxygen atoms in total. The van der Waals surface area contributed by atoms with E-state index < -0.39 is 0 Å². The third kappa shape index (κ3) is 3.79. The molecule has 4 heteroatoms. The molecule has 2 aromatic rings. The van der Waals surface area contributed by atoms with E-state index in [0.29, 0.717) is 0 Å². The Morgan fingerprint density at radius 2 is 2.05 bits per heavy atom. The number of benzene rings is 1. The Balaban J connectivity index is 1.37. The van der Waals surface area contributed by atoms with Crippen LogP contribution in [0.3, 0.4) is 0 Å². The first-order valence-corrected chi connectivity index (χ1v) is 8.22. The topological polar surface area (TPSA) is 24.5 Å². The van der Waals surface area contributed by atoms with Crippen molar-refractivity contribution in [2.45, 2.75) is 13.0 Å². The van der Waals surface area contributed by atoms with Crippen LogP contribution in [0.1, 0.15) is 11.3 Å². The SMILES string of the molecule is c1ccc2sc(CNCCCN3CCOCC3)cc2c1. The Morgan fingerprint density at radius 1 is 1.20 bits per heavy atom. The van der Waals surface area contributed by atoms with Crippen LogP contribution in [0.5, 0.6) is 0 Å². The minimum Gasteiger partial charge on any atom is -0.379 e. The molecular formula is C16H22N2OS. The highest BCUT2D eigenvalue weighted by Crippen LogP contribution is 2.24. The highest BCUT2D eigenvalue weighted by atomic mass is 32.1. The fourth-order valence-electron chi connectivity index (χ4n) is 2.59. The molecular weight excluding hydrogens is 268 g/mol. The van der Waals surface area contributed by atoms with Gasteiger partial charge in [0.1, 0.15) is 0 Å². The number of ether oxygens (including phenoxy) is 1. The van der Waals surface area contributed by atoms with Crippen LogP contribution in [0.4, 0.5) is 0 Å². The van der Waals surface area contributed by atoms with E-state index in [-0.39, 0.29) is 0 Å². The Kier molecular flexibility index (Phi) is 5.03. The van der Waals surface area contributed by atoms with Crippen LogP contribution in [0.25, 0.3) is 10.1 Å². The first-order valence-electron chi connectivity index (χ1n) is 7.40. The summed E-state index contributed by atoms with van der Waals surface area (Å²) in [5, 5.41) is 4.92. The maximum Gasteiger partial charge on any atom is 0.0594 e. The van der Waals surface area contributed by atoms with E-state index in [0.717, 1.165) is 39.4 Å². The summed E-state index contributed by atoms with van der Waals surface area (Å²) < 4.78 is 6.74. The van der Waals surface area contributed by atoms with Gasteiger partial charge in [0.2, 0.25) is 0 Å². The first-order chi connectivity index (χ1) is 9.92. The number of fused-ring (bicyclic) bond motifs is 1. The second-order valence-corrected chi connectivity index (χ2v) is 6.40. The van der Waals surface area contributed by atoms with E-state index in [1.54, 1.807) is 0 Å². The zero-order valence-corrected chi connectivity index (χ0v) is 12.6. The summed E-state index contributed by atoms with van der Waals surface area (Å²) in [5.74, 6) is 0. The largest absolute Gasteiger partial charge is 0.379 e. The Bertz CT molecular complexity index is 501. The van der Waals surface area contributed by atoms with Gasteiger partial charge in [-0.15, -0.1) is 11.3 Å². The van der Waals surface area contributed by atoms with Crippen LogP contribution in [-0.4, -0.2) is 44.3 Å². The normalized spacial score (nSPS) is 16.8. The van der Waals surface area contributed by atoms with Crippen LogP contribution in [0, 0.1) is 0 Å². The Morgan fingerprint density at radius 3 is 2.90 bits per heavy atom. The molecule has 0 atom stereocenters. The summed E-state index contributed by atoms with van der Waals surface area (Å²) in [6.07, 6.45) is 1.21.